The summed E-state index contributed by atoms with van der Waals surface area (Å²) in [6, 6.07) is 12.2. The highest BCUT2D eigenvalue weighted by Crippen LogP contribution is 2.27. The number of rotatable bonds is 6. The van der Waals surface area contributed by atoms with Crippen LogP contribution < -0.4 is 15.6 Å². The number of nitrogens with one attached hydrogen (secondary N) is 1. The van der Waals surface area contributed by atoms with Crippen LogP contribution in [0.1, 0.15) is 0 Å². The zero-order valence-electron chi connectivity index (χ0n) is 17.1. The van der Waals surface area contributed by atoms with E-state index in [-0.39, 0.29) is 16.6 Å². The molecule has 1 fully saturated rings. The maximum Gasteiger partial charge on any atom is 0.193 e. The second-order valence-electron chi connectivity index (χ2n) is 7.02. The van der Waals surface area contributed by atoms with Crippen molar-refractivity contribution in [3.8, 4) is 5.69 Å². The van der Waals surface area contributed by atoms with E-state index in [0.717, 1.165) is 5.69 Å². The van der Waals surface area contributed by atoms with Crippen LogP contribution in [-0.4, -0.2) is 35.9 Å². The number of hydrogen-bond donors (Lipinski definition) is 1. The Labute approximate surface area is 179 Å². The van der Waals surface area contributed by atoms with E-state index in [2.05, 4.69) is 23.5 Å². The number of allylic oxidation sites excluding steroid dienone is 3. The zero-order chi connectivity index (χ0) is 21.8. The largest absolute Gasteiger partial charge is 0.378 e. The molecule has 0 amide bonds. The molecule has 0 aliphatic carbocycles. The Morgan fingerprint density at radius 2 is 1.90 bits per heavy atom. The second-order valence-corrected chi connectivity index (χ2v) is 7.02. The summed E-state index contributed by atoms with van der Waals surface area (Å²) in [7, 11) is 0. The fraction of sp³-hybridized carbons (Fsp3) is 0.167. The van der Waals surface area contributed by atoms with Gasteiger partial charge in [-0.25, -0.2) is 9.37 Å². The molecule has 6 nitrogen and oxygen atoms in total. The number of nitrogens with zero attached hydrogens (tertiary/aromatic N) is 3. The summed E-state index contributed by atoms with van der Waals surface area (Å²) in [5, 5.41) is 3.42. The number of halogens is 1. The molecule has 0 radical (unpaired) electrons. The third kappa shape index (κ3) is 4.13. The van der Waals surface area contributed by atoms with E-state index in [1.54, 1.807) is 22.8 Å². The lowest BCUT2D eigenvalue weighted by atomic mass is 10.2. The summed E-state index contributed by atoms with van der Waals surface area (Å²) in [5.74, 6) is 0.177. The van der Waals surface area contributed by atoms with Gasteiger partial charge in [0.05, 0.1) is 18.6 Å². The van der Waals surface area contributed by atoms with Crippen molar-refractivity contribution in [2.75, 3.05) is 36.5 Å². The van der Waals surface area contributed by atoms with E-state index >= 15 is 0 Å². The molecule has 1 N–H and O–H groups in total. The number of morpholine rings is 1. The monoisotopic (exact) mass is 418 g/mol. The van der Waals surface area contributed by atoms with Gasteiger partial charge in [0.15, 0.2) is 22.7 Å². The molecule has 0 spiro atoms. The van der Waals surface area contributed by atoms with Crippen LogP contribution in [0.4, 0.5) is 16.0 Å². The van der Waals surface area contributed by atoms with Crippen LogP contribution in [-0.2, 0) is 4.74 Å². The Hall–Kier alpha value is -3.71. The van der Waals surface area contributed by atoms with E-state index in [1.807, 2.05) is 35.2 Å². The lowest BCUT2D eigenvalue weighted by Gasteiger charge is -2.28. The Kier molecular flexibility index (Phi) is 5.95. The third-order valence-electron chi connectivity index (χ3n) is 5.04. The molecule has 0 bridgehead atoms. The number of para-hydroxylation sites is 1. The molecule has 158 valence electrons. The standard InChI is InChI=1S/C24H23FN4O2/c1-3-8-17(4-2)26-22-16-21(30)19-15-20(25)24(28-11-13-31-14-12-28)27-23(19)29(22)18-9-6-5-7-10-18/h3-10,15-16,26H,1-2,11-14H2/b17-8+. The van der Waals surface area contributed by atoms with Gasteiger partial charge in [0.25, 0.3) is 0 Å². The molecule has 1 saturated heterocycles. The molecule has 3 heterocycles. The van der Waals surface area contributed by atoms with Crippen molar-refractivity contribution in [3.05, 3.63) is 95.6 Å². The highest BCUT2D eigenvalue weighted by Gasteiger charge is 2.21. The average molecular weight is 418 g/mol. The van der Waals surface area contributed by atoms with Gasteiger partial charge in [-0.05, 0) is 30.4 Å². The molecule has 1 aromatic carbocycles. The fourth-order valence-corrected chi connectivity index (χ4v) is 3.57. The van der Waals surface area contributed by atoms with Crippen LogP contribution >= 0.6 is 0 Å². The van der Waals surface area contributed by atoms with Gasteiger partial charge in [-0.3, -0.25) is 9.36 Å². The molecule has 1 aliphatic rings. The highest BCUT2D eigenvalue weighted by atomic mass is 19.1. The minimum Gasteiger partial charge on any atom is -0.378 e. The van der Waals surface area contributed by atoms with E-state index in [1.165, 1.54) is 12.1 Å². The average Bonchev–Trinajstić information content (AvgIpc) is 2.80. The van der Waals surface area contributed by atoms with Gasteiger partial charge in [-0.1, -0.05) is 37.4 Å². The second kappa shape index (κ2) is 8.97. The van der Waals surface area contributed by atoms with Gasteiger partial charge in [0.1, 0.15) is 5.82 Å². The van der Waals surface area contributed by atoms with Crippen molar-refractivity contribution in [3.63, 3.8) is 0 Å². The Morgan fingerprint density at radius 1 is 1.16 bits per heavy atom. The molecule has 0 atom stereocenters. The first-order chi connectivity index (χ1) is 15.1. The highest BCUT2D eigenvalue weighted by molar-refractivity contribution is 5.82. The van der Waals surface area contributed by atoms with Gasteiger partial charge >= 0.3 is 0 Å². The maximum atomic E-state index is 14.9. The SMILES string of the molecule is C=C/C=C(\C=C)Nc1cc(=O)c2cc(F)c(N3CCOCC3)nc2n1-c1ccccc1. The van der Waals surface area contributed by atoms with Gasteiger partial charge in [-0.2, -0.15) is 0 Å². The van der Waals surface area contributed by atoms with Crippen molar-refractivity contribution in [1.82, 2.24) is 9.55 Å². The molecule has 0 unspecified atom stereocenters. The number of aromatic nitrogens is 2. The maximum absolute atomic E-state index is 14.9. The summed E-state index contributed by atoms with van der Waals surface area (Å²) in [6.45, 7) is 9.58. The van der Waals surface area contributed by atoms with Gasteiger partial charge < -0.3 is 15.0 Å². The normalized spacial score (nSPS) is 14.5. The van der Waals surface area contributed by atoms with E-state index in [0.29, 0.717) is 43.5 Å². The smallest absolute Gasteiger partial charge is 0.193 e. The number of pyridine rings is 2. The summed E-state index contributed by atoms with van der Waals surface area (Å²) in [5.41, 5.74) is 1.48. The van der Waals surface area contributed by atoms with Gasteiger partial charge in [0, 0.05) is 30.5 Å². The van der Waals surface area contributed by atoms with Crippen molar-refractivity contribution < 1.29 is 9.13 Å². The fourth-order valence-electron chi connectivity index (χ4n) is 3.57. The van der Waals surface area contributed by atoms with Crippen molar-refractivity contribution in [2.45, 2.75) is 0 Å². The molecular formula is C24H23FN4O2. The lowest BCUT2D eigenvalue weighted by molar-refractivity contribution is 0.122. The number of fused-ring (bicyclic) bond motifs is 1. The molecular weight excluding hydrogens is 395 g/mol. The quantitative estimate of drug-likeness (QED) is 0.613. The van der Waals surface area contributed by atoms with Crippen molar-refractivity contribution >= 4 is 22.7 Å². The minimum absolute atomic E-state index is 0.205. The van der Waals surface area contributed by atoms with E-state index in [4.69, 9.17) is 4.74 Å². The molecule has 0 saturated carbocycles. The van der Waals surface area contributed by atoms with Gasteiger partial charge in [0.2, 0.25) is 0 Å². The molecule has 1 aliphatic heterocycles. The summed E-state index contributed by atoms with van der Waals surface area (Å²) in [6.07, 6.45) is 5.00. The topological polar surface area (TPSA) is 59.4 Å². The zero-order valence-corrected chi connectivity index (χ0v) is 17.1. The van der Waals surface area contributed by atoms with E-state index in [9.17, 15) is 9.18 Å². The van der Waals surface area contributed by atoms with Crippen LogP contribution in [0, 0.1) is 5.82 Å². The van der Waals surface area contributed by atoms with Gasteiger partial charge in [-0.15, -0.1) is 0 Å². The number of anilines is 2. The first-order valence-electron chi connectivity index (χ1n) is 9.99. The molecule has 2 aromatic heterocycles. The minimum atomic E-state index is -0.523. The van der Waals surface area contributed by atoms with Crippen LogP contribution in [0.25, 0.3) is 16.7 Å². The summed E-state index contributed by atoms with van der Waals surface area (Å²) < 4.78 is 22.1. The number of benzene rings is 1. The molecule has 31 heavy (non-hydrogen) atoms. The summed E-state index contributed by atoms with van der Waals surface area (Å²) in [4.78, 5) is 19.4. The third-order valence-corrected chi connectivity index (χ3v) is 5.04. The Bertz CT molecular complexity index is 1210. The molecule has 4 rings (SSSR count). The number of ether oxygens (including phenoxy) is 1. The van der Waals surface area contributed by atoms with Crippen LogP contribution in [0.15, 0.2) is 84.3 Å². The van der Waals surface area contributed by atoms with Crippen LogP contribution in [0.5, 0.6) is 0 Å². The Morgan fingerprint density at radius 3 is 2.58 bits per heavy atom. The number of hydrogen-bond acceptors (Lipinski definition) is 5. The van der Waals surface area contributed by atoms with Crippen LogP contribution in [0.3, 0.4) is 0 Å². The molecule has 3 aromatic rings. The summed E-state index contributed by atoms with van der Waals surface area (Å²) >= 11 is 0. The predicted molar refractivity (Wildman–Crippen MR) is 122 cm³/mol. The van der Waals surface area contributed by atoms with Crippen molar-refractivity contribution in [1.29, 1.82) is 0 Å². The van der Waals surface area contributed by atoms with Crippen molar-refractivity contribution in [2.24, 2.45) is 0 Å². The first-order valence-corrected chi connectivity index (χ1v) is 9.99. The first kappa shape index (κ1) is 20.6. The lowest BCUT2D eigenvalue weighted by Crippen LogP contribution is -2.37. The van der Waals surface area contributed by atoms with E-state index < -0.39 is 5.82 Å². The predicted octanol–water partition coefficient (Wildman–Crippen LogP) is 4.03. The molecule has 7 heteroatoms. The van der Waals surface area contributed by atoms with Crippen LogP contribution in [0.2, 0.25) is 0 Å². The Balaban J connectivity index is 2.00.